The number of carboxylic acid groups (broad SMARTS) is 1. The molecular weight excluding hydrogens is 240 g/mol. The maximum Gasteiger partial charge on any atom is 0.314 e. The summed E-state index contributed by atoms with van der Waals surface area (Å²) in [6.45, 7) is 2.05. The van der Waals surface area contributed by atoms with Gasteiger partial charge in [0.25, 0.3) is 0 Å². The Hall–Kier alpha value is -1.22. The molecule has 1 aromatic carbocycles. The first-order valence-corrected chi connectivity index (χ1v) is 5.95. The van der Waals surface area contributed by atoms with Crippen LogP contribution in [0, 0.1) is 5.92 Å². The number of carbonyl (C=O) groups is 1. The smallest absolute Gasteiger partial charge is 0.314 e. The third-order valence-electron chi connectivity index (χ3n) is 3.48. The molecule has 4 heteroatoms. The summed E-state index contributed by atoms with van der Waals surface area (Å²) in [5, 5.41) is 10.0. The van der Waals surface area contributed by atoms with E-state index in [-0.39, 0.29) is 0 Å². The van der Waals surface area contributed by atoms with Crippen LogP contribution >= 0.6 is 11.6 Å². The molecule has 0 spiro atoms. The Balaban J connectivity index is 2.50. The third kappa shape index (κ3) is 1.89. The molecule has 3 nitrogen and oxygen atoms in total. The lowest BCUT2D eigenvalue weighted by molar-refractivity contribution is -0.149. The van der Waals surface area contributed by atoms with E-state index in [1.807, 2.05) is 0 Å². The van der Waals surface area contributed by atoms with Gasteiger partial charge in [-0.05, 0) is 37.0 Å². The van der Waals surface area contributed by atoms with Crippen LogP contribution in [0.15, 0.2) is 18.2 Å². The molecule has 0 radical (unpaired) electrons. The Morgan fingerprint density at radius 2 is 2.18 bits per heavy atom. The highest BCUT2D eigenvalue weighted by atomic mass is 35.5. The van der Waals surface area contributed by atoms with E-state index < -0.39 is 11.4 Å². The van der Waals surface area contributed by atoms with Crippen LogP contribution in [-0.2, 0) is 10.2 Å². The minimum Gasteiger partial charge on any atom is -0.496 e. The zero-order valence-corrected chi connectivity index (χ0v) is 10.6. The monoisotopic (exact) mass is 254 g/mol. The van der Waals surface area contributed by atoms with Crippen LogP contribution < -0.4 is 4.74 Å². The number of ether oxygens (including phenoxy) is 1. The average Bonchev–Trinajstić information content (AvgIpc) is 2.24. The molecule has 0 aromatic heterocycles. The Labute approximate surface area is 105 Å². The van der Waals surface area contributed by atoms with Crippen molar-refractivity contribution in [3.63, 3.8) is 0 Å². The van der Waals surface area contributed by atoms with Gasteiger partial charge >= 0.3 is 5.97 Å². The fourth-order valence-corrected chi connectivity index (χ4v) is 2.87. The molecule has 17 heavy (non-hydrogen) atoms. The van der Waals surface area contributed by atoms with Gasteiger partial charge in [0.2, 0.25) is 0 Å². The predicted octanol–water partition coefficient (Wildman–Crippen LogP) is 3.10. The van der Waals surface area contributed by atoms with E-state index >= 15 is 0 Å². The normalized spacial score (nSPS) is 27.4. The van der Waals surface area contributed by atoms with E-state index in [0.29, 0.717) is 35.1 Å². The van der Waals surface area contributed by atoms with Crippen LogP contribution in [0.2, 0.25) is 5.02 Å². The molecule has 1 N–H and O–H groups in total. The first-order valence-electron chi connectivity index (χ1n) is 5.57. The number of carboxylic acids is 1. The lowest BCUT2D eigenvalue weighted by Crippen LogP contribution is -2.47. The standard InChI is InChI=1S/C13H15ClO3/c1-8-6-13(7-8,12(15)16)10-5-9(14)3-4-11(10)17-2/h3-5,8H,6-7H2,1-2H3,(H,15,16). The SMILES string of the molecule is COc1ccc(Cl)cc1C1(C(=O)O)CC(C)C1. The lowest BCUT2D eigenvalue weighted by Gasteiger charge is -2.43. The summed E-state index contributed by atoms with van der Waals surface area (Å²) in [6.07, 6.45) is 1.28. The molecule has 1 aromatic rings. The van der Waals surface area contributed by atoms with Gasteiger partial charge in [0, 0.05) is 10.6 Å². The summed E-state index contributed by atoms with van der Waals surface area (Å²) in [5.74, 6) is 0.231. The van der Waals surface area contributed by atoms with Crippen LogP contribution in [0.25, 0.3) is 0 Å². The third-order valence-corrected chi connectivity index (χ3v) is 3.72. The first kappa shape index (κ1) is 12.2. The van der Waals surface area contributed by atoms with Crippen molar-refractivity contribution in [1.29, 1.82) is 0 Å². The highest BCUT2D eigenvalue weighted by Crippen LogP contribution is 2.51. The molecule has 0 atom stereocenters. The van der Waals surface area contributed by atoms with Crippen LogP contribution in [0.5, 0.6) is 5.75 Å². The summed E-state index contributed by atoms with van der Waals surface area (Å²) < 4.78 is 5.25. The van der Waals surface area contributed by atoms with Gasteiger partial charge in [-0.15, -0.1) is 0 Å². The van der Waals surface area contributed by atoms with Gasteiger partial charge in [0.05, 0.1) is 12.5 Å². The maximum atomic E-state index is 11.5. The van der Waals surface area contributed by atoms with E-state index in [2.05, 4.69) is 6.92 Å². The molecule has 0 amide bonds. The summed E-state index contributed by atoms with van der Waals surface area (Å²) >= 11 is 5.95. The number of methoxy groups -OCH3 is 1. The molecule has 1 aliphatic rings. The number of hydrogen-bond donors (Lipinski definition) is 1. The fraction of sp³-hybridized carbons (Fsp3) is 0.462. The summed E-state index contributed by atoms with van der Waals surface area (Å²) in [4.78, 5) is 11.5. The molecule has 1 aliphatic carbocycles. The van der Waals surface area contributed by atoms with E-state index in [9.17, 15) is 9.90 Å². The largest absolute Gasteiger partial charge is 0.496 e. The molecule has 0 heterocycles. The Morgan fingerprint density at radius 3 is 2.65 bits per heavy atom. The predicted molar refractivity (Wildman–Crippen MR) is 65.7 cm³/mol. The molecule has 0 aliphatic heterocycles. The van der Waals surface area contributed by atoms with Gasteiger partial charge in [-0.3, -0.25) is 4.79 Å². The number of benzene rings is 1. The summed E-state index contributed by atoms with van der Waals surface area (Å²) in [7, 11) is 1.55. The maximum absolute atomic E-state index is 11.5. The van der Waals surface area contributed by atoms with Gasteiger partial charge in [-0.1, -0.05) is 18.5 Å². The zero-order valence-electron chi connectivity index (χ0n) is 9.87. The fourth-order valence-electron chi connectivity index (χ4n) is 2.69. The Kier molecular flexibility index (Phi) is 3.04. The van der Waals surface area contributed by atoms with Crippen molar-refractivity contribution in [3.05, 3.63) is 28.8 Å². The molecular formula is C13H15ClO3. The van der Waals surface area contributed by atoms with Crippen molar-refractivity contribution >= 4 is 17.6 Å². The minimum atomic E-state index is -0.824. The van der Waals surface area contributed by atoms with Crippen molar-refractivity contribution in [1.82, 2.24) is 0 Å². The molecule has 0 bridgehead atoms. The molecule has 2 rings (SSSR count). The Bertz CT molecular complexity index is 450. The van der Waals surface area contributed by atoms with E-state index in [0.717, 1.165) is 0 Å². The second-order valence-electron chi connectivity index (χ2n) is 4.75. The Morgan fingerprint density at radius 1 is 1.53 bits per heavy atom. The van der Waals surface area contributed by atoms with Crippen molar-refractivity contribution < 1.29 is 14.6 Å². The van der Waals surface area contributed by atoms with Crippen molar-refractivity contribution in [3.8, 4) is 5.75 Å². The average molecular weight is 255 g/mol. The highest BCUT2D eigenvalue weighted by Gasteiger charge is 2.51. The number of rotatable bonds is 3. The van der Waals surface area contributed by atoms with Crippen LogP contribution in [0.1, 0.15) is 25.3 Å². The van der Waals surface area contributed by atoms with Gasteiger partial charge in [-0.2, -0.15) is 0 Å². The summed E-state index contributed by atoms with van der Waals surface area (Å²) in [5.41, 5.74) is -0.131. The van der Waals surface area contributed by atoms with Gasteiger partial charge in [0.15, 0.2) is 0 Å². The zero-order chi connectivity index (χ0) is 12.6. The number of halogens is 1. The minimum absolute atomic E-state index is 0.426. The first-order chi connectivity index (χ1) is 7.99. The van der Waals surface area contributed by atoms with Crippen molar-refractivity contribution in [2.45, 2.75) is 25.2 Å². The van der Waals surface area contributed by atoms with Gasteiger partial charge in [-0.25, -0.2) is 0 Å². The van der Waals surface area contributed by atoms with Crippen LogP contribution in [0.3, 0.4) is 0 Å². The van der Waals surface area contributed by atoms with Crippen molar-refractivity contribution in [2.24, 2.45) is 5.92 Å². The molecule has 1 fully saturated rings. The summed E-state index contributed by atoms with van der Waals surface area (Å²) in [6, 6.07) is 5.15. The second kappa shape index (κ2) is 4.22. The van der Waals surface area contributed by atoms with E-state index in [4.69, 9.17) is 16.3 Å². The van der Waals surface area contributed by atoms with Crippen molar-refractivity contribution in [2.75, 3.05) is 7.11 Å². The number of hydrogen-bond acceptors (Lipinski definition) is 2. The van der Waals surface area contributed by atoms with Gasteiger partial charge in [0.1, 0.15) is 5.75 Å². The van der Waals surface area contributed by atoms with E-state index in [1.165, 1.54) is 0 Å². The molecule has 92 valence electrons. The molecule has 0 saturated heterocycles. The quantitative estimate of drug-likeness (QED) is 0.902. The van der Waals surface area contributed by atoms with Gasteiger partial charge < -0.3 is 9.84 Å². The van der Waals surface area contributed by atoms with Crippen LogP contribution in [0.4, 0.5) is 0 Å². The lowest BCUT2D eigenvalue weighted by atomic mass is 9.59. The highest BCUT2D eigenvalue weighted by molar-refractivity contribution is 6.30. The van der Waals surface area contributed by atoms with Crippen LogP contribution in [-0.4, -0.2) is 18.2 Å². The number of aliphatic carboxylic acids is 1. The van der Waals surface area contributed by atoms with E-state index in [1.54, 1.807) is 25.3 Å². The topological polar surface area (TPSA) is 46.5 Å². The molecule has 0 unspecified atom stereocenters. The molecule has 1 saturated carbocycles. The second-order valence-corrected chi connectivity index (χ2v) is 5.18.